The van der Waals surface area contributed by atoms with Gasteiger partial charge in [0.1, 0.15) is 0 Å². The molecular formula is C16H20BrClN2S. The van der Waals surface area contributed by atoms with Crippen LogP contribution < -0.4 is 5.32 Å². The van der Waals surface area contributed by atoms with Gasteiger partial charge in [-0.1, -0.05) is 32.4 Å². The van der Waals surface area contributed by atoms with Crippen LogP contribution in [0, 0.1) is 6.92 Å². The summed E-state index contributed by atoms with van der Waals surface area (Å²) in [4.78, 5) is 6.01. The second kappa shape index (κ2) is 6.27. The number of hydrogen-bond acceptors (Lipinski definition) is 3. The number of anilines is 1. The number of aryl methyl sites for hydroxylation is 1. The van der Waals surface area contributed by atoms with Gasteiger partial charge in [0.15, 0.2) is 0 Å². The van der Waals surface area contributed by atoms with Crippen LogP contribution in [0.2, 0.25) is 5.02 Å². The van der Waals surface area contributed by atoms with E-state index in [1.54, 1.807) is 11.3 Å². The molecule has 0 amide bonds. The predicted molar refractivity (Wildman–Crippen MR) is 96.7 cm³/mol. The Kier molecular flexibility index (Phi) is 5.01. The average molecular weight is 388 g/mol. The summed E-state index contributed by atoms with van der Waals surface area (Å²) >= 11 is 11.3. The number of rotatable bonds is 3. The van der Waals surface area contributed by atoms with E-state index in [9.17, 15) is 0 Å². The van der Waals surface area contributed by atoms with E-state index in [-0.39, 0.29) is 11.5 Å². The Morgan fingerprint density at radius 1 is 1.33 bits per heavy atom. The highest BCUT2D eigenvalue weighted by Crippen LogP contribution is 2.34. The van der Waals surface area contributed by atoms with Crippen LogP contribution >= 0.6 is 38.9 Å². The van der Waals surface area contributed by atoms with Crippen LogP contribution in [0.5, 0.6) is 0 Å². The van der Waals surface area contributed by atoms with E-state index in [1.807, 2.05) is 18.2 Å². The maximum absolute atomic E-state index is 6.03. The van der Waals surface area contributed by atoms with Gasteiger partial charge in [-0.05, 0) is 48.0 Å². The number of nitrogens with one attached hydrogen (secondary N) is 1. The topological polar surface area (TPSA) is 24.9 Å². The molecule has 1 atom stereocenters. The van der Waals surface area contributed by atoms with E-state index in [0.29, 0.717) is 0 Å². The Morgan fingerprint density at radius 3 is 2.52 bits per heavy atom. The van der Waals surface area contributed by atoms with Crippen molar-refractivity contribution in [1.82, 2.24) is 4.98 Å². The zero-order valence-electron chi connectivity index (χ0n) is 12.9. The highest BCUT2D eigenvalue weighted by Gasteiger charge is 2.22. The molecule has 0 saturated carbocycles. The second-order valence-electron chi connectivity index (χ2n) is 6.21. The molecule has 1 aromatic heterocycles. The minimum absolute atomic E-state index is 0.0939. The molecule has 0 saturated heterocycles. The van der Waals surface area contributed by atoms with Crippen molar-refractivity contribution in [3.8, 4) is 0 Å². The van der Waals surface area contributed by atoms with Crippen LogP contribution in [0.4, 0.5) is 5.69 Å². The standard InChI is InChI=1S/C16H20BrClN2S/c1-9(19-11-6-7-13(18)12(17)8-11)14-10(2)20-15(21-14)16(3,4)5/h6-9,19H,1-5H3. The van der Waals surface area contributed by atoms with Gasteiger partial charge < -0.3 is 5.32 Å². The molecule has 0 radical (unpaired) electrons. The summed E-state index contributed by atoms with van der Waals surface area (Å²) in [5.74, 6) is 0. The quantitative estimate of drug-likeness (QED) is 0.664. The zero-order chi connectivity index (χ0) is 15.8. The number of hydrogen-bond donors (Lipinski definition) is 1. The van der Waals surface area contributed by atoms with Crippen molar-refractivity contribution in [3.05, 3.63) is 43.3 Å². The molecule has 1 heterocycles. The average Bonchev–Trinajstić information content (AvgIpc) is 2.76. The molecule has 1 aromatic carbocycles. The van der Waals surface area contributed by atoms with Gasteiger partial charge in [0.2, 0.25) is 0 Å². The molecule has 2 rings (SSSR count). The minimum Gasteiger partial charge on any atom is -0.378 e. The smallest absolute Gasteiger partial charge is 0.0985 e. The Morgan fingerprint density at radius 2 is 2.00 bits per heavy atom. The summed E-state index contributed by atoms with van der Waals surface area (Å²) < 4.78 is 0.901. The van der Waals surface area contributed by atoms with Crippen molar-refractivity contribution in [2.24, 2.45) is 0 Å². The molecular weight excluding hydrogens is 368 g/mol. The Hall–Kier alpha value is -0.580. The molecule has 0 bridgehead atoms. The third-order valence-corrected chi connectivity index (χ3v) is 6.15. The molecule has 0 aliphatic heterocycles. The summed E-state index contributed by atoms with van der Waals surface area (Å²) in [5, 5.41) is 5.41. The lowest BCUT2D eigenvalue weighted by molar-refractivity contribution is 0.584. The van der Waals surface area contributed by atoms with Gasteiger partial charge in [-0.25, -0.2) is 4.98 Å². The van der Waals surface area contributed by atoms with Gasteiger partial charge in [-0.2, -0.15) is 0 Å². The monoisotopic (exact) mass is 386 g/mol. The van der Waals surface area contributed by atoms with Crippen molar-refractivity contribution in [3.63, 3.8) is 0 Å². The van der Waals surface area contributed by atoms with Crippen molar-refractivity contribution in [2.45, 2.75) is 46.1 Å². The molecule has 2 aromatic rings. The summed E-state index contributed by atoms with van der Waals surface area (Å²) in [6.45, 7) is 10.8. The Balaban J connectivity index is 2.22. The summed E-state index contributed by atoms with van der Waals surface area (Å²) in [5.41, 5.74) is 2.25. The van der Waals surface area contributed by atoms with Gasteiger partial charge in [0.25, 0.3) is 0 Å². The number of benzene rings is 1. The van der Waals surface area contributed by atoms with E-state index in [4.69, 9.17) is 16.6 Å². The second-order valence-corrected chi connectivity index (χ2v) is 8.51. The zero-order valence-corrected chi connectivity index (χ0v) is 16.1. The van der Waals surface area contributed by atoms with Crippen LogP contribution in [0.1, 0.15) is 49.3 Å². The van der Waals surface area contributed by atoms with E-state index >= 15 is 0 Å². The molecule has 1 unspecified atom stereocenters. The summed E-state index contributed by atoms with van der Waals surface area (Å²) in [6, 6.07) is 6.09. The lowest BCUT2D eigenvalue weighted by atomic mass is 9.98. The van der Waals surface area contributed by atoms with Crippen molar-refractivity contribution < 1.29 is 0 Å². The van der Waals surface area contributed by atoms with Crippen LogP contribution in [0.25, 0.3) is 0 Å². The molecule has 0 aliphatic carbocycles. The fraction of sp³-hybridized carbons (Fsp3) is 0.438. The number of aromatic nitrogens is 1. The van der Waals surface area contributed by atoms with Crippen molar-refractivity contribution in [1.29, 1.82) is 0 Å². The van der Waals surface area contributed by atoms with Gasteiger partial charge in [-0.3, -0.25) is 0 Å². The highest BCUT2D eigenvalue weighted by atomic mass is 79.9. The van der Waals surface area contributed by atoms with Gasteiger partial charge in [0.05, 0.1) is 21.8 Å². The fourth-order valence-electron chi connectivity index (χ4n) is 2.03. The van der Waals surface area contributed by atoms with Crippen LogP contribution in [0.15, 0.2) is 22.7 Å². The number of nitrogens with zero attached hydrogens (tertiary/aromatic N) is 1. The molecule has 21 heavy (non-hydrogen) atoms. The largest absolute Gasteiger partial charge is 0.378 e. The van der Waals surface area contributed by atoms with E-state index in [1.165, 1.54) is 9.88 Å². The third-order valence-electron chi connectivity index (χ3n) is 3.17. The Bertz CT molecular complexity index is 646. The first kappa shape index (κ1) is 16.8. The lowest BCUT2D eigenvalue weighted by Gasteiger charge is -2.16. The van der Waals surface area contributed by atoms with Crippen LogP contribution in [-0.4, -0.2) is 4.98 Å². The molecule has 5 heteroatoms. The molecule has 0 spiro atoms. The van der Waals surface area contributed by atoms with Gasteiger partial charge >= 0.3 is 0 Å². The molecule has 114 valence electrons. The van der Waals surface area contributed by atoms with Crippen LogP contribution in [0.3, 0.4) is 0 Å². The maximum Gasteiger partial charge on any atom is 0.0985 e. The van der Waals surface area contributed by atoms with Gasteiger partial charge in [0, 0.05) is 20.5 Å². The normalized spacial score (nSPS) is 13.3. The third kappa shape index (κ3) is 3.99. The summed E-state index contributed by atoms with van der Waals surface area (Å²) in [7, 11) is 0. The summed E-state index contributed by atoms with van der Waals surface area (Å²) in [6.07, 6.45) is 0. The Labute approximate surface area is 144 Å². The van der Waals surface area contributed by atoms with E-state index < -0.39 is 0 Å². The minimum atomic E-state index is 0.0939. The highest BCUT2D eigenvalue weighted by molar-refractivity contribution is 9.10. The molecule has 1 N–H and O–H groups in total. The fourth-order valence-corrected chi connectivity index (χ4v) is 3.65. The van der Waals surface area contributed by atoms with Crippen LogP contribution in [-0.2, 0) is 5.41 Å². The first-order valence-corrected chi connectivity index (χ1v) is 8.86. The lowest BCUT2D eigenvalue weighted by Crippen LogP contribution is -2.10. The van der Waals surface area contributed by atoms with E-state index in [2.05, 4.69) is 55.9 Å². The number of thiazole rings is 1. The molecule has 0 aliphatic rings. The van der Waals surface area contributed by atoms with Gasteiger partial charge in [-0.15, -0.1) is 11.3 Å². The first-order chi connectivity index (χ1) is 9.68. The molecule has 0 fully saturated rings. The predicted octanol–water partition coefficient (Wildman–Crippen LogP) is 6.34. The van der Waals surface area contributed by atoms with Crippen molar-refractivity contribution >= 4 is 44.6 Å². The molecule has 2 nitrogen and oxygen atoms in total. The SMILES string of the molecule is Cc1nc(C(C)(C)C)sc1C(C)Nc1ccc(Cl)c(Br)c1. The van der Waals surface area contributed by atoms with E-state index in [0.717, 1.165) is 20.9 Å². The first-order valence-electron chi connectivity index (χ1n) is 6.88. The number of halogens is 2. The van der Waals surface area contributed by atoms with Crippen molar-refractivity contribution in [2.75, 3.05) is 5.32 Å². The maximum atomic E-state index is 6.03.